The Bertz CT molecular complexity index is 190. The third-order valence-corrected chi connectivity index (χ3v) is 2.49. The number of hydrogen-bond acceptors (Lipinski definition) is 2. The van der Waals surface area contributed by atoms with Gasteiger partial charge in [-0.15, -0.1) is 0 Å². The highest BCUT2D eigenvalue weighted by molar-refractivity contribution is 4.66. The molecule has 4 nitrogen and oxygen atoms in total. The number of rotatable bonds is 11. The van der Waals surface area contributed by atoms with E-state index in [1.54, 1.807) is 0 Å². The van der Waals surface area contributed by atoms with E-state index in [4.69, 9.17) is 10.5 Å². The van der Waals surface area contributed by atoms with Crippen LogP contribution in [-0.2, 0) is 0 Å². The largest absolute Gasteiger partial charge is 0.345 e. The molecule has 0 saturated heterocycles. The third kappa shape index (κ3) is 12.9. The van der Waals surface area contributed by atoms with Crippen LogP contribution in [0.25, 0.3) is 0 Å². The Labute approximate surface area is 98.6 Å². The summed E-state index contributed by atoms with van der Waals surface area (Å²) in [5.41, 5.74) is 0. The second kappa shape index (κ2) is 13.9. The normalized spacial score (nSPS) is 9.62. The Morgan fingerprint density at radius 3 is 1.44 bits per heavy atom. The highest BCUT2D eigenvalue weighted by atomic mass is 14.8. The van der Waals surface area contributed by atoms with Crippen molar-refractivity contribution in [3.63, 3.8) is 0 Å². The molecule has 90 valence electrons. The van der Waals surface area contributed by atoms with Gasteiger partial charge >= 0.3 is 0 Å². The molecule has 0 aromatic rings. The van der Waals surface area contributed by atoms with Crippen molar-refractivity contribution in [1.82, 2.24) is 0 Å². The zero-order chi connectivity index (χ0) is 11.9. The number of quaternary nitrogens is 2. The van der Waals surface area contributed by atoms with Gasteiger partial charge in [0.1, 0.15) is 0 Å². The summed E-state index contributed by atoms with van der Waals surface area (Å²) in [6, 6.07) is 4.29. The molecule has 0 atom stereocenters. The molecule has 0 spiro atoms. The number of hydrogen-bond donors (Lipinski definition) is 2. The zero-order valence-corrected chi connectivity index (χ0v) is 10.1. The van der Waals surface area contributed by atoms with E-state index in [0.29, 0.717) is 12.8 Å². The summed E-state index contributed by atoms with van der Waals surface area (Å²) in [6.45, 7) is 4.19. The van der Waals surface area contributed by atoms with Crippen LogP contribution in [0.5, 0.6) is 0 Å². The lowest BCUT2D eigenvalue weighted by Crippen LogP contribution is -2.84. The highest BCUT2D eigenvalue weighted by Crippen LogP contribution is 1.95. The quantitative estimate of drug-likeness (QED) is 0.464. The van der Waals surface area contributed by atoms with Crippen molar-refractivity contribution < 1.29 is 10.6 Å². The maximum absolute atomic E-state index is 8.33. The van der Waals surface area contributed by atoms with Gasteiger partial charge in [0.15, 0.2) is 0 Å². The van der Waals surface area contributed by atoms with Crippen molar-refractivity contribution in [3.8, 4) is 12.1 Å². The van der Waals surface area contributed by atoms with Gasteiger partial charge in [-0.25, -0.2) is 0 Å². The van der Waals surface area contributed by atoms with Gasteiger partial charge in [0.2, 0.25) is 0 Å². The van der Waals surface area contributed by atoms with E-state index in [2.05, 4.69) is 22.8 Å². The fraction of sp³-hybridized carbons (Fsp3) is 0.833. The Morgan fingerprint density at radius 2 is 1.06 bits per heavy atom. The minimum Gasteiger partial charge on any atom is -0.345 e. The number of unbranched alkanes of at least 4 members (excludes halogenated alkanes) is 3. The molecule has 0 aromatic heterocycles. The van der Waals surface area contributed by atoms with Crippen LogP contribution in [0.2, 0.25) is 0 Å². The monoisotopic (exact) mass is 224 g/mol. The Balaban J connectivity index is 2.89. The summed E-state index contributed by atoms with van der Waals surface area (Å²) in [4.78, 5) is 0. The summed E-state index contributed by atoms with van der Waals surface area (Å²) in [6.07, 6.45) is 6.40. The molecule has 0 heterocycles. The lowest BCUT2D eigenvalue weighted by atomic mass is 10.2. The number of nitriles is 2. The van der Waals surface area contributed by atoms with E-state index in [-0.39, 0.29) is 0 Å². The summed E-state index contributed by atoms with van der Waals surface area (Å²) < 4.78 is 0. The number of nitrogens with zero attached hydrogens (tertiary/aromatic N) is 2. The van der Waals surface area contributed by atoms with Crippen molar-refractivity contribution in [2.24, 2.45) is 0 Å². The smallest absolute Gasteiger partial charge is 0.0887 e. The average Bonchev–Trinajstić information content (AvgIpc) is 2.31. The van der Waals surface area contributed by atoms with Crippen molar-refractivity contribution in [3.05, 3.63) is 0 Å². The van der Waals surface area contributed by atoms with Crippen molar-refractivity contribution in [2.75, 3.05) is 26.2 Å². The van der Waals surface area contributed by atoms with Crippen LogP contribution in [0.1, 0.15) is 38.5 Å². The molecule has 0 aliphatic rings. The van der Waals surface area contributed by atoms with Gasteiger partial charge < -0.3 is 10.6 Å². The minimum absolute atomic E-state index is 0.661. The van der Waals surface area contributed by atoms with Gasteiger partial charge in [0, 0.05) is 0 Å². The van der Waals surface area contributed by atoms with Gasteiger partial charge in [-0.05, 0) is 25.7 Å². The molecule has 0 unspecified atom stereocenters. The maximum atomic E-state index is 8.33. The average molecular weight is 224 g/mol. The maximum Gasteiger partial charge on any atom is 0.0887 e. The molecule has 4 N–H and O–H groups in total. The Hall–Kier alpha value is -1.10. The molecule has 0 amide bonds. The fourth-order valence-electron chi connectivity index (χ4n) is 1.55. The zero-order valence-electron chi connectivity index (χ0n) is 10.1. The Kier molecular flexibility index (Phi) is 12.9. The van der Waals surface area contributed by atoms with Gasteiger partial charge in [-0.2, -0.15) is 10.5 Å². The molecule has 16 heavy (non-hydrogen) atoms. The molecule has 0 aromatic carbocycles. The van der Waals surface area contributed by atoms with Crippen molar-refractivity contribution in [2.45, 2.75) is 38.5 Å². The molecular formula is C12H24N4+2. The van der Waals surface area contributed by atoms with Crippen LogP contribution in [0, 0.1) is 22.7 Å². The van der Waals surface area contributed by atoms with E-state index in [9.17, 15) is 0 Å². The van der Waals surface area contributed by atoms with E-state index >= 15 is 0 Å². The van der Waals surface area contributed by atoms with Crippen LogP contribution < -0.4 is 10.6 Å². The van der Waals surface area contributed by atoms with Crippen molar-refractivity contribution >= 4 is 0 Å². The lowest BCUT2D eigenvalue weighted by molar-refractivity contribution is -0.655. The predicted octanol–water partition coefficient (Wildman–Crippen LogP) is -0.499. The van der Waals surface area contributed by atoms with Crippen LogP contribution in [0.15, 0.2) is 0 Å². The molecule has 0 saturated carbocycles. The minimum atomic E-state index is 0.661. The highest BCUT2D eigenvalue weighted by Gasteiger charge is 1.94. The summed E-state index contributed by atoms with van der Waals surface area (Å²) in [5.74, 6) is 0. The first kappa shape index (κ1) is 14.9. The first-order valence-electron chi connectivity index (χ1n) is 6.29. The number of nitrogens with two attached hydrogens (primary N) is 2. The SMILES string of the molecule is N#CCC[NH2+]CCCCCC[NH2+]CCC#N. The van der Waals surface area contributed by atoms with Crippen LogP contribution in [0.3, 0.4) is 0 Å². The van der Waals surface area contributed by atoms with Crippen molar-refractivity contribution in [1.29, 1.82) is 10.5 Å². The second-order valence-corrected chi connectivity index (χ2v) is 3.96. The fourth-order valence-corrected chi connectivity index (χ4v) is 1.55. The molecule has 0 rings (SSSR count). The lowest BCUT2D eigenvalue weighted by Gasteiger charge is -2.00. The van der Waals surface area contributed by atoms with E-state index in [1.165, 1.54) is 25.7 Å². The first-order chi connectivity index (χ1) is 7.91. The Morgan fingerprint density at radius 1 is 0.625 bits per heavy atom. The molecule has 0 aliphatic heterocycles. The van der Waals surface area contributed by atoms with Gasteiger partial charge in [0.25, 0.3) is 0 Å². The standard InChI is InChI=1S/C12H22N4/c13-7-5-11-15-9-3-1-2-4-10-16-12-6-8-14/h15-16H,1-6,9-12H2/p+2. The molecule has 0 radical (unpaired) electrons. The van der Waals surface area contributed by atoms with Crippen LogP contribution >= 0.6 is 0 Å². The first-order valence-corrected chi connectivity index (χ1v) is 6.29. The van der Waals surface area contributed by atoms with E-state index in [1.807, 2.05) is 0 Å². The van der Waals surface area contributed by atoms with Crippen LogP contribution in [-0.4, -0.2) is 26.2 Å². The molecule has 0 bridgehead atoms. The van der Waals surface area contributed by atoms with Crippen LogP contribution in [0.4, 0.5) is 0 Å². The summed E-state index contributed by atoms with van der Waals surface area (Å²) in [5, 5.41) is 21.1. The second-order valence-electron chi connectivity index (χ2n) is 3.96. The van der Waals surface area contributed by atoms with E-state index < -0.39 is 0 Å². The molecular weight excluding hydrogens is 200 g/mol. The van der Waals surface area contributed by atoms with Gasteiger partial charge in [-0.3, -0.25) is 0 Å². The molecule has 0 fully saturated rings. The molecule has 0 aliphatic carbocycles. The van der Waals surface area contributed by atoms with E-state index in [0.717, 1.165) is 26.2 Å². The topological polar surface area (TPSA) is 80.8 Å². The summed E-state index contributed by atoms with van der Waals surface area (Å²) in [7, 11) is 0. The molecule has 4 heteroatoms. The van der Waals surface area contributed by atoms with Gasteiger partial charge in [0.05, 0.1) is 51.2 Å². The summed E-state index contributed by atoms with van der Waals surface area (Å²) >= 11 is 0. The third-order valence-electron chi connectivity index (χ3n) is 2.49. The van der Waals surface area contributed by atoms with Gasteiger partial charge in [-0.1, -0.05) is 0 Å². The predicted molar refractivity (Wildman–Crippen MR) is 62.2 cm³/mol.